The number of rotatable bonds is 5. The van der Waals surface area contributed by atoms with Crippen molar-refractivity contribution in [3.05, 3.63) is 0 Å². The number of hydrogen-bond acceptors (Lipinski definition) is 4. The van der Waals surface area contributed by atoms with Crippen molar-refractivity contribution in [1.82, 2.24) is 5.32 Å². The Balaban J connectivity index is 2.82. The third-order valence-electron chi connectivity index (χ3n) is 3.65. The second-order valence-electron chi connectivity index (χ2n) is 5.38. The summed E-state index contributed by atoms with van der Waals surface area (Å²) in [6.07, 6.45) is 1.04. The number of carboxylic acids is 1. The van der Waals surface area contributed by atoms with Crippen LogP contribution in [-0.4, -0.2) is 41.8 Å². The lowest BCUT2D eigenvalue weighted by Crippen LogP contribution is -2.59. The number of aliphatic carboxylic acids is 1. The van der Waals surface area contributed by atoms with Gasteiger partial charge in [-0.1, -0.05) is 13.3 Å². The Bertz CT molecular complexity index is 347. The number of nitrogens with two attached hydrogens (primary N) is 1. The first-order valence-corrected chi connectivity index (χ1v) is 6.15. The fourth-order valence-corrected chi connectivity index (χ4v) is 2.04. The Morgan fingerprint density at radius 1 is 1.61 bits per heavy atom. The SMILES string of the molecule is CCCC(C)(NC(=O)C1(C)COCC1N)C(=O)O. The third-order valence-corrected chi connectivity index (χ3v) is 3.65. The van der Waals surface area contributed by atoms with E-state index in [0.29, 0.717) is 19.4 Å². The van der Waals surface area contributed by atoms with Crippen molar-refractivity contribution in [2.75, 3.05) is 13.2 Å². The average molecular weight is 258 g/mol. The molecule has 0 spiro atoms. The van der Waals surface area contributed by atoms with Crippen molar-refractivity contribution < 1.29 is 19.4 Å². The van der Waals surface area contributed by atoms with Crippen LogP contribution in [0.5, 0.6) is 0 Å². The van der Waals surface area contributed by atoms with Gasteiger partial charge in [0, 0.05) is 6.04 Å². The van der Waals surface area contributed by atoms with E-state index in [4.69, 9.17) is 10.5 Å². The van der Waals surface area contributed by atoms with E-state index in [1.165, 1.54) is 6.92 Å². The molecule has 1 amide bonds. The van der Waals surface area contributed by atoms with Crippen LogP contribution in [0.3, 0.4) is 0 Å². The molecule has 6 nitrogen and oxygen atoms in total. The molecular formula is C12H22N2O4. The molecule has 0 aromatic carbocycles. The molecule has 104 valence electrons. The highest BCUT2D eigenvalue weighted by Gasteiger charge is 2.47. The van der Waals surface area contributed by atoms with E-state index >= 15 is 0 Å². The summed E-state index contributed by atoms with van der Waals surface area (Å²) >= 11 is 0. The standard InChI is InChI=1S/C12H22N2O4/c1-4-5-12(3,10(16)17)14-9(15)11(2)7-18-6-8(11)13/h8H,4-7,13H2,1-3H3,(H,14,15)(H,16,17). The number of ether oxygens (including phenoxy) is 1. The summed E-state index contributed by atoms with van der Waals surface area (Å²) in [6.45, 7) is 5.64. The van der Waals surface area contributed by atoms with E-state index < -0.39 is 23.0 Å². The van der Waals surface area contributed by atoms with Crippen molar-refractivity contribution in [2.45, 2.75) is 45.2 Å². The highest BCUT2D eigenvalue weighted by atomic mass is 16.5. The molecule has 0 saturated carbocycles. The maximum Gasteiger partial charge on any atom is 0.329 e. The Labute approximate surface area is 107 Å². The molecule has 18 heavy (non-hydrogen) atoms. The van der Waals surface area contributed by atoms with Gasteiger partial charge in [-0.25, -0.2) is 4.79 Å². The van der Waals surface area contributed by atoms with Crippen molar-refractivity contribution >= 4 is 11.9 Å². The molecule has 0 aromatic heterocycles. The van der Waals surface area contributed by atoms with E-state index in [9.17, 15) is 14.7 Å². The smallest absolute Gasteiger partial charge is 0.329 e. The molecule has 1 heterocycles. The number of carboxylic acid groups (broad SMARTS) is 1. The molecule has 3 atom stereocenters. The van der Waals surface area contributed by atoms with Crippen molar-refractivity contribution in [1.29, 1.82) is 0 Å². The fourth-order valence-electron chi connectivity index (χ4n) is 2.04. The minimum absolute atomic E-state index is 0.224. The van der Waals surface area contributed by atoms with Crippen LogP contribution in [0.25, 0.3) is 0 Å². The first kappa shape index (κ1) is 14.9. The molecule has 3 unspecified atom stereocenters. The maximum atomic E-state index is 12.2. The molecule has 6 heteroatoms. The molecule has 4 N–H and O–H groups in total. The van der Waals surface area contributed by atoms with Gasteiger partial charge in [0.15, 0.2) is 0 Å². The zero-order valence-electron chi connectivity index (χ0n) is 11.2. The number of carbonyl (C=O) groups is 2. The Morgan fingerprint density at radius 2 is 2.22 bits per heavy atom. The Morgan fingerprint density at radius 3 is 2.61 bits per heavy atom. The van der Waals surface area contributed by atoms with Gasteiger partial charge in [0.2, 0.25) is 5.91 Å². The van der Waals surface area contributed by atoms with Gasteiger partial charge in [0.25, 0.3) is 0 Å². The summed E-state index contributed by atoms with van der Waals surface area (Å²) in [7, 11) is 0. The van der Waals surface area contributed by atoms with Gasteiger partial charge >= 0.3 is 5.97 Å². The topological polar surface area (TPSA) is 102 Å². The van der Waals surface area contributed by atoms with Crippen LogP contribution in [0.2, 0.25) is 0 Å². The van der Waals surface area contributed by atoms with Gasteiger partial charge in [-0.15, -0.1) is 0 Å². The van der Waals surface area contributed by atoms with E-state index in [1.807, 2.05) is 6.92 Å². The van der Waals surface area contributed by atoms with Crippen LogP contribution >= 0.6 is 0 Å². The lowest BCUT2D eigenvalue weighted by molar-refractivity contribution is -0.149. The van der Waals surface area contributed by atoms with Crippen molar-refractivity contribution in [2.24, 2.45) is 11.1 Å². The van der Waals surface area contributed by atoms with Gasteiger partial charge in [0.1, 0.15) is 5.54 Å². The highest BCUT2D eigenvalue weighted by molar-refractivity contribution is 5.90. The first-order chi connectivity index (χ1) is 8.26. The molecule has 1 aliphatic heterocycles. The summed E-state index contributed by atoms with van der Waals surface area (Å²) in [4.78, 5) is 23.5. The molecule has 0 bridgehead atoms. The number of hydrogen-bond donors (Lipinski definition) is 3. The van der Waals surface area contributed by atoms with Gasteiger partial charge in [0.05, 0.1) is 18.6 Å². The van der Waals surface area contributed by atoms with E-state index in [-0.39, 0.29) is 12.5 Å². The summed E-state index contributed by atoms with van der Waals surface area (Å²) in [5, 5.41) is 11.8. The first-order valence-electron chi connectivity index (χ1n) is 6.15. The number of amides is 1. The predicted octanol–water partition coefficient (Wildman–Crippen LogP) is 0.110. The number of nitrogens with one attached hydrogen (secondary N) is 1. The molecule has 1 aliphatic rings. The average Bonchev–Trinajstić information content (AvgIpc) is 2.60. The minimum atomic E-state index is -1.25. The fraction of sp³-hybridized carbons (Fsp3) is 0.833. The molecule has 0 radical (unpaired) electrons. The van der Waals surface area contributed by atoms with E-state index in [0.717, 1.165) is 0 Å². The number of carbonyl (C=O) groups excluding carboxylic acids is 1. The van der Waals surface area contributed by atoms with Crippen LogP contribution in [0, 0.1) is 5.41 Å². The summed E-state index contributed by atoms with van der Waals surface area (Å²) in [6, 6.07) is -0.405. The van der Waals surface area contributed by atoms with Gasteiger partial charge in [-0.3, -0.25) is 4.79 Å². The third kappa shape index (κ3) is 2.64. The molecule has 1 fully saturated rings. The van der Waals surface area contributed by atoms with Gasteiger partial charge in [-0.05, 0) is 20.3 Å². The second-order valence-corrected chi connectivity index (χ2v) is 5.38. The zero-order chi connectivity index (χ0) is 14.0. The lowest BCUT2D eigenvalue weighted by Gasteiger charge is -2.32. The summed E-state index contributed by atoms with van der Waals surface area (Å²) in [5.41, 5.74) is 3.74. The molecule has 0 aliphatic carbocycles. The van der Waals surface area contributed by atoms with Crippen LogP contribution in [0.1, 0.15) is 33.6 Å². The van der Waals surface area contributed by atoms with Crippen LogP contribution in [-0.2, 0) is 14.3 Å². The second kappa shape index (κ2) is 5.24. The zero-order valence-corrected chi connectivity index (χ0v) is 11.2. The van der Waals surface area contributed by atoms with E-state index in [1.54, 1.807) is 6.92 Å². The minimum Gasteiger partial charge on any atom is -0.480 e. The monoisotopic (exact) mass is 258 g/mol. The Kier molecular flexibility index (Phi) is 4.34. The van der Waals surface area contributed by atoms with Crippen molar-refractivity contribution in [3.8, 4) is 0 Å². The van der Waals surface area contributed by atoms with Gasteiger partial charge < -0.3 is 20.9 Å². The van der Waals surface area contributed by atoms with Crippen LogP contribution in [0.4, 0.5) is 0 Å². The van der Waals surface area contributed by atoms with Crippen LogP contribution in [0.15, 0.2) is 0 Å². The van der Waals surface area contributed by atoms with Crippen molar-refractivity contribution in [3.63, 3.8) is 0 Å². The van der Waals surface area contributed by atoms with Crippen LogP contribution < -0.4 is 11.1 Å². The van der Waals surface area contributed by atoms with Gasteiger partial charge in [-0.2, -0.15) is 0 Å². The largest absolute Gasteiger partial charge is 0.480 e. The molecular weight excluding hydrogens is 236 g/mol. The Hall–Kier alpha value is -1.14. The summed E-state index contributed by atoms with van der Waals surface area (Å²) in [5.74, 6) is -1.39. The highest BCUT2D eigenvalue weighted by Crippen LogP contribution is 2.28. The summed E-state index contributed by atoms with van der Waals surface area (Å²) < 4.78 is 5.20. The molecule has 0 aromatic rings. The normalized spacial score (nSPS) is 30.8. The molecule has 1 rings (SSSR count). The predicted molar refractivity (Wildman–Crippen MR) is 66.0 cm³/mol. The maximum absolute atomic E-state index is 12.2. The van der Waals surface area contributed by atoms with E-state index in [2.05, 4.69) is 5.32 Å². The lowest BCUT2D eigenvalue weighted by atomic mass is 9.83. The quantitative estimate of drug-likeness (QED) is 0.649. The molecule has 1 saturated heterocycles.